The highest BCUT2D eigenvalue weighted by atomic mass is 16.6. The Labute approximate surface area is 74.3 Å². The van der Waals surface area contributed by atoms with E-state index in [1.807, 2.05) is 0 Å². The molecule has 72 valence electrons. The molecule has 1 atom stereocenters. The SMILES string of the molecule is COc1oncc1C(CN)C(=O)O. The van der Waals surface area contributed by atoms with Crippen molar-refractivity contribution in [3.63, 3.8) is 0 Å². The Balaban J connectivity index is 2.96. The number of rotatable bonds is 4. The van der Waals surface area contributed by atoms with E-state index in [1.54, 1.807) is 0 Å². The summed E-state index contributed by atoms with van der Waals surface area (Å²) in [5, 5.41) is 12.2. The second-order valence-electron chi connectivity index (χ2n) is 2.40. The van der Waals surface area contributed by atoms with Gasteiger partial charge in [0, 0.05) is 6.54 Å². The quantitative estimate of drug-likeness (QED) is 0.676. The van der Waals surface area contributed by atoms with Crippen molar-refractivity contribution in [3.05, 3.63) is 11.8 Å². The van der Waals surface area contributed by atoms with Gasteiger partial charge in [-0.1, -0.05) is 5.16 Å². The van der Waals surface area contributed by atoms with Gasteiger partial charge in [-0.3, -0.25) is 4.79 Å². The van der Waals surface area contributed by atoms with Crippen LogP contribution < -0.4 is 10.5 Å². The lowest BCUT2D eigenvalue weighted by Gasteiger charge is -2.06. The summed E-state index contributed by atoms with van der Waals surface area (Å²) in [4.78, 5) is 10.7. The molecular formula is C7H10N2O4. The molecule has 1 unspecified atom stereocenters. The van der Waals surface area contributed by atoms with Gasteiger partial charge in [0.15, 0.2) is 0 Å². The molecule has 0 aliphatic carbocycles. The smallest absolute Gasteiger partial charge is 0.315 e. The number of aliphatic carboxylic acids is 1. The van der Waals surface area contributed by atoms with Crippen molar-refractivity contribution in [1.29, 1.82) is 0 Å². The summed E-state index contributed by atoms with van der Waals surface area (Å²) in [6, 6.07) is 0. The molecule has 0 saturated carbocycles. The van der Waals surface area contributed by atoms with Gasteiger partial charge in [0.05, 0.1) is 18.9 Å². The Morgan fingerprint density at radius 2 is 2.62 bits per heavy atom. The van der Waals surface area contributed by atoms with Gasteiger partial charge in [-0.2, -0.15) is 0 Å². The lowest BCUT2D eigenvalue weighted by molar-refractivity contribution is -0.138. The van der Waals surface area contributed by atoms with Gasteiger partial charge in [-0.05, 0) is 0 Å². The molecule has 0 bridgehead atoms. The number of carboxylic acids is 1. The molecule has 1 rings (SSSR count). The first-order chi connectivity index (χ1) is 6.20. The average molecular weight is 186 g/mol. The number of hydrogen-bond acceptors (Lipinski definition) is 5. The van der Waals surface area contributed by atoms with E-state index in [2.05, 4.69) is 9.68 Å². The zero-order valence-electron chi connectivity index (χ0n) is 7.06. The van der Waals surface area contributed by atoms with Crippen LogP contribution in [0.3, 0.4) is 0 Å². The molecule has 6 heteroatoms. The van der Waals surface area contributed by atoms with E-state index in [4.69, 9.17) is 15.6 Å². The Morgan fingerprint density at radius 1 is 1.92 bits per heavy atom. The highest BCUT2D eigenvalue weighted by Gasteiger charge is 2.24. The second-order valence-corrected chi connectivity index (χ2v) is 2.40. The number of carboxylic acid groups (broad SMARTS) is 1. The topological polar surface area (TPSA) is 98.6 Å². The maximum absolute atomic E-state index is 10.7. The van der Waals surface area contributed by atoms with Gasteiger partial charge in [0.25, 0.3) is 0 Å². The number of methoxy groups -OCH3 is 1. The molecule has 13 heavy (non-hydrogen) atoms. The number of carbonyl (C=O) groups is 1. The Bertz CT molecular complexity index is 296. The molecule has 1 heterocycles. The Morgan fingerprint density at radius 3 is 3.08 bits per heavy atom. The zero-order valence-corrected chi connectivity index (χ0v) is 7.06. The van der Waals surface area contributed by atoms with E-state index < -0.39 is 11.9 Å². The van der Waals surface area contributed by atoms with Crippen LogP contribution in [-0.2, 0) is 4.79 Å². The van der Waals surface area contributed by atoms with Crippen LogP contribution in [0.15, 0.2) is 10.7 Å². The van der Waals surface area contributed by atoms with Crippen molar-refractivity contribution in [3.8, 4) is 5.95 Å². The van der Waals surface area contributed by atoms with Crippen LogP contribution in [0.1, 0.15) is 11.5 Å². The van der Waals surface area contributed by atoms with Gasteiger partial charge in [-0.25, -0.2) is 0 Å². The molecule has 0 fully saturated rings. The van der Waals surface area contributed by atoms with Crippen LogP contribution in [0.2, 0.25) is 0 Å². The molecule has 1 aromatic rings. The van der Waals surface area contributed by atoms with Crippen molar-refractivity contribution in [2.75, 3.05) is 13.7 Å². The molecule has 0 aliphatic heterocycles. The summed E-state index contributed by atoms with van der Waals surface area (Å²) >= 11 is 0. The number of nitrogens with two attached hydrogens (primary N) is 1. The third-order valence-corrected chi connectivity index (χ3v) is 1.66. The van der Waals surface area contributed by atoms with Crippen LogP contribution in [0.25, 0.3) is 0 Å². The first kappa shape index (κ1) is 9.53. The molecule has 0 spiro atoms. The summed E-state index contributed by atoms with van der Waals surface area (Å²) in [5.41, 5.74) is 5.64. The van der Waals surface area contributed by atoms with Gasteiger partial charge in [0.1, 0.15) is 5.92 Å². The van der Waals surface area contributed by atoms with Crippen LogP contribution in [0, 0.1) is 0 Å². The van der Waals surface area contributed by atoms with Crippen LogP contribution >= 0.6 is 0 Å². The van der Waals surface area contributed by atoms with Crippen molar-refractivity contribution in [1.82, 2.24) is 5.16 Å². The van der Waals surface area contributed by atoms with Crippen molar-refractivity contribution in [2.45, 2.75) is 5.92 Å². The molecule has 0 aromatic carbocycles. The van der Waals surface area contributed by atoms with Crippen molar-refractivity contribution in [2.24, 2.45) is 5.73 Å². The van der Waals surface area contributed by atoms with E-state index in [9.17, 15) is 4.79 Å². The van der Waals surface area contributed by atoms with E-state index in [-0.39, 0.29) is 12.5 Å². The predicted molar refractivity (Wildman–Crippen MR) is 42.5 cm³/mol. The maximum atomic E-state index is 10.7. The van der Waals surface area contributed by atoms with Crippen LogP contribution in [0.5, 0.6) is 5.95 Å². The fraction of sp³-hybridized carbons (Fsp3) is 0.429. The Hall–Kier alpha value is -1.56. The fourth-order valence-corrected chi connectivity index (χ4v) is 0.985. The molecule has 0 aliphatic rings. The summed E-state index contributed by atoms with van der Waals surface area (Å²) in [7, 11) is 1.37. The number of nitrogens with zero attached hydrogens (tertiary/aromatic N) is 1. The minimum Gasteiger partial charge on any atom is -0.481 e. The molecule has 0 saturated heterocycles. The maximum Gasteiger partial charge on any atom is 0.315 e. The van der Waals surface area contributed by atoms with E-state index in [0.717, 1.165) is 0 Å². The minimum atomic E-state index is -1.02. The number of ether oxygens (including phenoxy) is 1. The van der Waals surface area contributed by atoms with Gasteiger partial charge < -0.3 is 20.1 Å². The summed E-state index contributed by atoms with van der Waals surface area (Å²) in [6.07, 6.45) is 1.30. The van der Waals surface area contributed by atoms with E-state index in [1.165, 1.54) is 13.3 Å². The van der Waals surface area contributed by atoms with Crippen molar-refractivity contribution >= 4 is 5.97 Å². The third kappa shape index (κ3) is 1.78. The first-order valence-corrected chi connectivity index (χ1v) is 3.62. The highest BCUT2D eigenvalue weighted by molar-refractivity contribution is 5.76. The number of aromatic nitrogens is 1. The second kappa shape index (κ2) is 3.90. The molecule has 0 radical (unpaired) electrons. The normalized spacial score (nSPS) is 12.5. The standard InChI is InChI=1S/C7H10N2O4/c1-12-7-5(3-9-13-7)4(2-8)6(10)11/h3-4H,2,8H2,1H3,(H,10,11). The van der Waals surface area contributed by atoms with E-state index in [0.29, 0.717) is 5.56 Å². The molecule has 0 amide bonds. The van der Waals surface area contributed by atoms with Crippen LogP contribution in [0.4, 0.5) is 0 Å². The monoisotopic (exact) mass is 186 g/mol. The Kier molecular flexibility index (Phi) is 2.86. The largest absolute Gasteiger partial charge is 0.481 e. The highest BCUT2D eigenvalue weighted by Crippen LogP contribution is 2.25. The molecule has 3 N–H and O–H groups in total. The summed E-state index contributed by atoms with van der Waals surface area (Å²) in [5.74, 6) is -1.76. The van der Waals surface area contributed by atoms with E-state index >= 15 is 0 Å². The first-order valence-electron chi connectivity index (χ1n) is 3.62. The lowest BCUT2D eigenvalue weighted by atomic mass is 10.0. The minimum absolute atomic E-state index is 0.0209. The van der Waals surface area contributed by atoms with Gasteiger partial charge in [-0.15, -0.1) is 0 Å². The average Bonchev–Trinajstić information content (AvgIpc) is 2.53. The van der Waals surface area contributed by atoms with Crippen LogP contribution in [-0.4, -0.2) is 29.9 Å². The predicted octanol–water partition coefficient (Wildman–Crippen LogP) is -0.190. The lowest BCUT2D eigenvalue weighted by Crippen LogP contribution is -2.21. The number of hydrogen-bond donors (Lipinski definition) is 2. The van der Waals surface area contributed by atoms with Gasteiger partial charge >= 0.3 is 11.9 Å². The fourth-order valence-electron chi connectivity index (χ4n) is 0.985. The molecule has 6 nitrogen and oxygen atoms in total. The van der Waals surface area contributed by atoms with Crippen molar-refractivity contribution < 1.29 is 19.2 Å². The summed E-state index contributed by atoms with van der Waals surface area (Å²) < 4.78 is 9.43. The summed E-state index contributed by atoms with van der Waals surface area (Å²) in [6.45, 7) is -0.0209. The third-order valence-electron chi connectivity index (χ3n) is 1.66. The molecule has 1 aromatic heterocycles. The zero-order chi connectivity index (χ0) is 9.84. The molecular weight excluding hydrogens is 176 g/mol. The van der Waals surface area contributed by atoms with Gasteiger partial charge in [0.2, 0.25) is 0 Å².